The Morgan fingerprint density at radius 1 is 1.18 bits per heavy atom. The first-order valence-electron chi connectivity index (χ1n) is 8.97. The number of hydrogen-bond donors (Lipinski definition) is 3. The van der Waals surface area contributed by atoms with E-state index in [4.69, 9.17) is 0 Å². The highest BCUT2D eigenvalue weighted by atomic mass is 16.3. The summed E-state index contributed by atoms with van der Waals surface area (Å²) in [5.74, 6) is -0.184. The Morgan fingerprint density at radius 3 is 2.64 bits per heavy atom. The molecule has 0 radical (unpaired) electrons. The SMILES string of the molecule is Cc1c2[nH]c3ccccc3c2cc(C(=O)NCCCNC(=O)N(C)N=O)[n+]1C. The predicted octanol–water partition coefficient (Wildman–Crippen LogP) is 1.90. The molecule has 3 rings (SSSR count). The Balaban J connectivity index is 1.70. The van der Waals surface area contributed by atoms with Crippen molar-refractivity contribution in [1.82, 2.24) is 20.6 Å². The molecular formula is C19H23N6O3+. The van der Waals surface area contributed by atoms with Gasteiger partial charge in [0, 0.05) is 49.4 Å². The van der Waals surface area contributed by atoms with Gasteiger partial charge in [0.1, 0.15) is 12.6 Å². The zero-order valence-electron chi connectivity index (χ0n) is 16.1. The van der Waals surface area contributed by atoms with E-state index in [9.17, 15) is 14.5 Å². The van der Waals surface area contributed by atoms with Gasteiger partial charge in [0.15, 0.2) is 0 Å². The molecule has 0 atom stereocenters. The van der Waals surface area contributed by atoms with Crippen LogP contribution in [0.4, 0.5) is 4.79 Å². The summed E-state index contributed by atoms with van der Waals surface area (Å²) >= 11 is 0. The number of nitrogens with one attached hydrogen (secondary N) is 3. The number of urea groups is 1. The van der Waals surface area contributed by atoms with E-state index in [0.29, 0.717) is 30.2 Å². The Labute approximate surface area is 161 Å². The third kappa shape index (κ3) is 3.64. The number of nitroso groups, excluding NO2 is 1. The van der Waals surface area contributed by atoms with Gasteiger partial charge in [-0.3, -0.25) is 4.79 Å². The zero-order chi connectivity index (χ0) is 20.3. The molecular weight excluding hydrogens is 360 g/mol. The predicted molar refractivity (Wildman–Crippen MR) is 106 cm³/mol. The summed E-state index contributed by atoms with van der Waals surface area (Å²) in [6.45, 7) is 2.69. The molecule has 146 valence electrons. The van der Waals surface area contributed by atoms with E-state index >= 15 is 0 Å². The van der Waals surface area contributed by atoms with Gasteiger partial charge in [-0.1, -0.05) is 18.2 Å². The lowest BCUT2D eigenvalue weighted by atomic mass is 10.1. The van der Waals surface area contributed by atoms with Crippen molar-refractivity contribution in [3.8, 4) is 0 Å². The van der Waals surface area contributed by atoms with E-state index in [2.05, 4.69) is 20.9 Å². The van der Waals surface area contributed by atoms with Crippen molar-refractivity contribution in [1.29, 1.82) is 0 Å². The number of amides is 3. The van der Waals surface area contributed by atoms with Gasteiger partial charge < -0.3 is 15.6 Å². The van der Waals surface area contributed by atoms with E-state index in [-0.39, 0.29) is 5.91 Å². The Hall–Kier alpha value is -3.49. The van der Waals surface area contributed by atoms with Crippen molar-refractivity contribution in [2.24, 2.45) is 12.3 Å². The van der Waals surface area contributed by atoms with Crippen molar-refractivity contribution in [3.63, 3.8) is 0 Å². The number of aryl methyl sites for hydroxylation is 1. The van der Waals surface area contributed by atoms with Gasteiger partial charge in [-0.2, -0.15) is 9.58 Å². The molecule has 0 saturated carbocycles. The minimum absolute atomic E-state index is 0.184. The van der Waals surface area contributed by atoms with Crippen LogP contribution >= 0.6 is 0 Å². The van der Waals surface area contributed by atoms with Crippen LogP contribution in [-0.2, 0) is 7.05 Å². The number of rotatable bonds is 6. The van der Waals surface area contributed by atoms with Crippen LogP contribution in [0.3, 0.4) is 0 Å². The molecule has 2 aromatic heterocycles. The highest BCUT2D eigenvalue weighted by Crippen LogP contribution is 2.26. The molecule has 0 bridgehead atoms. The first-order valence-corrected chi connectivity index (χ1v) is 8.97. The van der Waals surface area contributed by atoms with Crippen molar-refractivity contribution >= 4 is 33.7 Å². The van der Waals surface area contributed by atoms with Crippen molar-refractivity contribution in [2.45, 2.75) is 13.3 Å². The summed E-state index contributed by atoms with van der Waals surface area (Å²) in [6, 6.07) is 9.31. The maximum atomic E-state index is 12.7. The first kappa shape index (κ1) is 19.3. The van der Waals surface area contributed by atoms with Crippen molar-refractivity contribution < 1.29 is 14.2 Å². The summed E-state index contributed by atoms with van der Waals surface area (Å²) in [7, 11) is 3.13. The number of benzene rings is 1. The van der Waals surface area contributed by atoms with Crippen LogP contribution < -0.4 is 15.2 Å². The lowest BCUT2D eigenvalue weighted by Gasteiger charge is -2.09. The van der Waals surface area contributed by atoms with Gasteiger partial charge in [0.2, 0.25) is 5.69 Å². The number of carbonyl (C=O) groups excluding carboxylic acids is 2. The smallest absolute Gasteiger partial charge is 0.340 e. The van der Waals surface area contributed by atoms with E-state index in [0.717, 1.165) is 27.5 Å². The van der Waals surface area contributed by atoms with Gasteiger partial charge >= 0.3 is 11.9 Å². The van der Waals surface area contributed by atoms with Crippen LogP contribution in [0.25, 0.3) is 21.8 Å². The largest absolute Gasteiger partial charge is 0.349 e. The van der Waals surface area contributed by atoms with Crippen LogP contribution in [0.1, 0.15) is 22.6 Å². The second-order valence-corrected chi connectivity index (χ2v) is 6.58. The molecule has 0 aliphatic rings. The van der Waals surface area contributed by atoms with Gasteiger partial charge in [-0.25, -0.2) is 4.79 Å². The number of fused-ring (bicyclic) bond motifs is 3. The van der Waals surface area contributed by atoms with Crippen molar-refractivity contribution in [3.05, 3.63) is 46.6 Å². The molecule has 0 spiro atoms. The summed E-state index contributed by atoms with van der Waals surface area (Å²) in [6.07, 6.45) is 0.530. The molecule has 0 saturated heterocycles. The molecule has 3 amide bonds. The molecule has 1 aromatic carbocycles. The van der Waals surface area contributed by atoms with E-state index < -0.39 is 6.03 Å². The zero-order valence-corrected chi connectivity index (χ0v) is 16.1. The van der Waals surface area contributed by atoms with Crippen LogP contribution in [0.2, 0.25) is 0 Å². The molecule has 0 aliphatic heterocycles. The minimum Gasteiger partial charge on any atom is -0.349 e. The van der Waals surface area contributed by atoms with Crippen LogP contribution in [0, 0.1) is 11.8 Å². The highest BCUT2D eigenvalue weighted by Gasteiger charge is 2.23. The fourth-order valence-electron chi connectivity index (χ4n) is 3.13. The maximum Gasteiger partial charge on any atom is 0.340 e. The summed E-state index contributed by atoms with van der Waals surface area (Å²) < 4.78 is 1.86. The lowest BCUT2D eigenvalue weighted by Crippen LogP contribution is -2.43. The standard InChI is InChI=1S/C19H22N6O3/c1-12-17-14(13-7-4-5-8-15(13)22-17)11-16(24(12)2)18(26)20-9-6-10-21-19(27)25(3)23-28/h4-5,7-8,11H,6,9-10H2,1-3H3,(H2,20,21,26,27)/p+1. The molecule has 3 N–H and O–H groups in total. The number of aromatic amines is 1. The lowest BCUT2D eigenvalue weighted by molar-refractivity contribution is -0.678. The van der Waals surface area contributed by atoms with E-state index in [1.165, 1.54) is 7.05 Å². The van der Waals surface area contributed by atoms with Crippen LogP contribution in [-0.4, -0.2) is 42.1 Å². The molecule has 0 aliphatic carbocycles. The normalized spacial score (nSPS) is 10.8. The first-order chi connectivity index (χ1) is 13.4. The highest BCUT2D eigenvalue weighted by molar-refractivity contribution is 6.09. The number of H-pyrrole nitrogens is 1. The van der Waals surface area contributed by atoms with E-state index in [1.54, 1.807) is 0 Å². The van der Waals surface area contributed by atoms with Crippen LogP contribution in [0.15, 0.2) is 35.6 Å². The topological polar surface area (TPSA) is 111 Å². The fraction of sp³-hybridized carbons (Fsp3) is 0.316. The molecule has 0 unspecified atom stereocenters. The summed E-state index contributed by atoms with van der Waals surface area (Å²) in [4.78, 5) is 37.7. The average molecular weight is 383 g/mol. The number of nitrogens with zero attached hydrogens (tertiary/aromatic N) is 3. The second kappa shape index (κ2) is 8.03. The molecule has 9 nitrogen and oxygen atoms in total. The monoisotopic (exact) mass is 383 g/mol. The molecule has 2 heterocycles. The third-order valence-corrected chi connectivity index (χ3v) is 4.82. The van der Waals surface area contributed by atoms with Gasteiger partial charge in [0.05, 0.1) is 5.29 Å². The van der Waals surface area contributed by atoms with Crippen LogP contribution in [0.5, 0.6) is 0 Å². The van der Waals surface area contributed by atoms with Gasteiger partial charge in [0.25, 0.3) is 5.69 Å². The average Bonchev–Trinajstić information content (AvgIpc) is 3.08. The van der Waals surface area contributed by atoms with Gasteiger partial charge in [-0.15, -0.1) is 4.91 Å². The molecule has 28 heavy (non-hydrogen) atoms. The minimum atomic E-state index is -0.576. The Kier molecular flexibility index (Phi) is 5.53. The van der Waals surface area contributed by atoms with E-state index in [1.807, 2.05) is 48.9 Å². The second-order valence-electron chi connectivity index (χ2n) is 6.58. The number of carbonyl (C=O) groups is 2. The van der Waals surface area contributed by atoms with Gasteiger partial charge in [-0.05, 0) is 12.5 Å². The summed E-state index contributed by atoms with van der Waals surface area (Å²) in [5, 5.41) is 10.7. The number of para-hydroxylation sites is 1. The third-order valence-electron chi connectivity index (χ3n) is 4.82. The fourth-order valence-corrected chi connectivity index (χ4v) is 3.13. The quantitative estimate of drug-likeness (QED) is 0.262. The summed E-state index contributed by atoms with van der Waals surface area (Å²) in [5.41, 5.74) is 3.57. The number of pyridine rings is 1. The number of hydrogen-bond acceptors (Lipinski definition) is 4. The maximum absolute atomic E-state index is 12.7. The number of aromatic nitrogens is 2. The Bertz CT molecular complexity index is 1060. The van der Waals surface area contributed by atoms with Crippen molar-refractivity contribution in [2.75, 3.05) is 20.1 Å². The Morgan fingerprint density at radius 2 is 1.89 bits per heavy atom. The molecule has 9 heteroatoms. The molecule has 0 fully saturated rings. The molecule has 3 aromatic rings.